The maximum atomic E-state index is 13.6. The third-order valence-corrected chi connectivity index (χ3v) is 7.10. The van der Waals surface area contributed by atoms with Crippen LogP contribution in [0.2, 0.25) is 5.02 Å². The first-order valence-electron chi connectivity index (χ1n) is 10.5. The normalized spacial score (nSPS) is 21.4. The second kappa shape index (κ2) is 8.98. The van der Waals surface area contributed by atoms with Crippen LogP contribution in [0.15, 0.2) is 18.2 Å². The highest BCUT2D eigenvalue weighted by Crippen LogP contribution is 2.54. The van der Waals surface area contributed by atoms with Gasteiger partial charge in [0.1, 0.15) is 6.04 Å². The molecule has 0 radical (unpaired) electrons. The van der Waals surface area contributed by atoms with E-state index >= 15 is 0 Å². The Bertz CT molecular complexity index is 832. The number of halogens is 4. The molecule has 31 heavy (non-hydrogen) atoms. The van der Waals surface area contributed by atoms with Crippen molar-refractivity contribution in [2.75, 3.05) is 18.4 Å². The van der Waals surface area contributed by atoms with Crippen molar-refractivity contribution in [2.45, 2.75) is 64.1 Å². The maximum absolute atomic E-state index is 13.6. The van der Waals surface area contributed by atoms with Crippen LogP contribution in [0.25, 0.3) is 0 Å². The highest BCUT2D eigenvalue weighted by Gasteiger charge is 2.50. The van der Waals surface area contributed by atoms with Gasteiger partial charge in [-0.25, -0.2) is 0 Å². The lowest BCUT2D eigenvalue weighted by molar-refractivity contribution is -0.189. The predicted octanol–water partition coefficient (Wildman–Crippen LogP) is 5.30. The van der Waals surface area contributed by atoms with Gasteiger partial charge < -0.3 is 10.4 Å². The number of hydrogen-bond donors (Lipinski definition) is 2. The summed E-state index contributed by atoms with van der Waals surface area (Å²) in [5.74, 6) is -3.90. The molecule has 1 heterocycles. The number of carbonyl (C=O) groups excluding carboxylic acids is 1. The van der Waals surface area contributed by atoms with E-state index in [2.05, 4.69) is 5.32 Å². The minimum atomic E-state index is -4.52. The van der Waals surface area contributed by atoms with Gasteiger partial charge in [0.2, 0.25) is 5.91 Å². The number of amides is 1. The van der Waals surface area contributed by atoms with Gasteiger partial charge in [-0.2, -0.15) is 13.2 Å². The number of carbonyl (C=O) groups is 2. The third-order valence-electron chi connectivity index (χ3n) is 6.77. The summed E-state index contributed by atoms with van der Waals surface area (Å²) in [4.78, 5) is 25.7. The van der Waals surface area contributed by atoms with Gasteiger partial charge in [-0.05, 0) is 67.8 Å². The van der Waals surface area contributed by atoms with Crippen LogP contribution in [0, 0.1) is 11.3 Å². The Kier molecular flexibility index (Phi) is 6.91. The first-order chi connectivity index (χ1) is 14.4. The number of aliphatic carboxylic acids is 1. The first-order valence-corrected chi connectivity index (χ1v) is 10.9. The van der Waals surface area contributed by atoms with E-state index in [1.165, 1.54) is 6.07 Å². The Hall–Kier alpha value is -1.80. The van der Waals surface area contributed by atoms with Gasteiger partial charge in [0, 0.05) is 0 Å². The van der Waals surface area contributed by atoms with E-state index in [1.807, 2.05) is 0 Å². The topological polar surface area (TPSA) is 69.6 Å². The fourth-order valence-corrected chi connectivity index (χ4v) is 4.54. The van der Waals surface area contributed by atoms with E-state index in [0.717, 1.165) is 32.6 Å². The summed E-state index contributed by atoms with van der Waals surface area (Å²) in [6, 6.07) is 3.36. The second-order valence-corrected chi connectivity index (χ2v) is 9.45. The molecule has 172 valence electrons. The van der Waals surface area contributed by atoms with Gasteiger partial charge in [-0.3, -0.25) is 14.5 Å². The number of carboxylic acids is 1. The molecule has 0 bridgehead atoms. The summed E-state index contributed by atoms with van der Waals surface area (Å²) in [5, 5.41) is 11.8. The number of piperidine rings is 1. The lowest BCUT2D eigenvalue weighted by Gasteiger charge is -2.40. The summed E-state index contributed by atoms with van der Waals surface area (Å²) < 4.78 is 40.8. The maximum Gasteiger partial charge on any atom is 0.393 e. The van der Waals surface area contributed by atoms with E-state index in [0.29, 0.717) is 18.7 Å². The number of anilines is 1. The second-order valence-electron chi connectivity index (χ2n) is 9.04. The van der Waals surface area contributed by atoms with E-state index < -0.39 is 30.0 Å². The lowest BCUT2D eigenvalue weighted by Crippen LogP contribution is -2.54. The minimum absolute atomic E-state index is 0.113. The van der Waals surface area contributed by atoms with E-state index in [1.54, 1.807) is 24.0 Å². The van der Waals surface area contributed by atoms with Crippen LogP contribution in [0.4, 0.5) is 18.9 Å². The smallest absolute Gasteiger partial charge is 0.393 e. The molecule has 2 N–H and O–H groups in total. The van der Waals surface area contributed by atoms with Crippen molar-refractivity contribution in [3.8, 4) is 0 Å². The van der Waals surface area contributed by atoms with Gasteiger partial charge >= 0.3 is 12.1 Å². The molecule has 3 atom stereocenters. The molecule has 1 saturated carbocycles. The van der Waals surface area contributed by atoms with Crippen molar-refractivity contribution in [1.29, 1.82) is 0 Å². The number of nitrogens with one attached hydrogen (secondary N) is 1. The van der Waals surface area contributed by atoms with Crippen LogP contribution in [-0.2, 0) is 9.59 Å². The summed E-state index contributed by atoms with van der Waals surface area (Å²) in [6.45, 7) is 3.68. The average molecular weight is 461 g/mol. The molecule has 5 nitrogen and oxygen atoms in total. The minimum Gasteiger partial charge on any atom is -0.481 e. The van der Waals surface area contributed by atoms with Gasteiger partial charge in [-0.1, -0.05) is 31.5 Å². The van der Waals surface area contributed by atoms with Crippen molar-refractivity contribution in [3.63, 3.8) is 0 Å². The zero-order valence-electron chi connectivity index (χ0n) is 17.6. The molecule has 1 aliphatic heterocycles. The Morgan fingerprint density at radius 1 is 1.19 bits per heavy atom. The van der Waals surface area contributed by atoms with Gasteiger partial charge in [0.15, 0.2) is 0 Å². The van der Waals surface area contributed by atoms with E-state index in [-0.39, 0.29) is 28.5 Å². The standard InChI is InChI=1S/C22H28ClF3N2O3/c1-13(11-18(29)30)15-3-4-16(23)17(12-15)27-20(31)19(14(2)22(24,25)26)28-9-7-21(5-6-21)8-10-28/h3-4,12-14,19H,5-11H2,1-2H3,(H,27,31)(H,29,30)/t13-,14+,19+/m1/s1. The van der Waals surface area contributed by atoms with Gasteiger partial charge in [-0.15, -0.1) is 0 Å². The van der Waals surface area contributed by atoms with Crippen molar-refractivity contribution < 1.29 is 27.9 Å². The molecular weight excluding hydrogens is 433 g/mol. The molecule has 2 fully saturated rings. The number of carboxylic acid groups (broad SMARTS) is 1. The van der Waals surface area contributed by atoms with Crippen LogP contribution < -0.4 is 5.32 Å². The summed E-state index contributed by atoms with van der Waals surface area (Å²) >= 11 is 6.19. The van der Waals surface area contributed by atoms with Crippen LogP contribution in [0.1, 0.15) is 57.4 Å². The Morgan fingerprint density at radius 2 is 1.81 bits per heavy atom. The van der Waals surface area contributed by atoms with Crippen LogP contribution in [0.5, 0.6) is 0 Å². The molecule has 1 aromatic rings. The van der Waals surface area contributed by atoms with Crippen LogP contribution >= 0.6 is 11.6 Å². The SMILES string of the molecule is C[C@H](CC(=O)O)c1ccc(Cl)c(NC(=O)[C@H]([C@H](C)C(F)(F)F)N2CCC3(CC2)CC3)c1. The van der Waals surface area contributed by atoms with Crippen molar-refractivity contribution in [3.05, 3.63) is 28.8 Å². The number of rotatable bonds is 7. The fraction of sp³-hybridized carbons (Fsp3) is 0.636. The summed E-state index contributed by atoms with van der Waals surface area (Å²) in [5.41, 5.74) is 1.10. The lowest BCUT2D eigenvalue weighted by atomic mass is 9.90. The number of hydrogen-bond acceptors (Lipinski definition) is 3. The number of benzene rings is 1. The molecule has 3 rings (SSSR count). The molecule has 1 aromatic carbocycles. The van der Waals surface area contributed by atoms with Crippen molar-refractivity contribution >= 4 is 29.2 Å². The molecule has 9 heteroatoms. The van der Waals surface area contributed by atoms with Crippen molar-refractivity contribution in [1.82, 2.24) is 4.90 Å². The highest BCUT2D eigenvalue weighted by molar-refractivity contribution is 6.33. The number of nitrogens with zero attached hydrogens (tertiary/aromatic N) is 1. The number of alkyl halides is 3. The van der Waals surface area contributed by atoms with Gasteiger partial charge in [0.05, 0.1) is 23.0 Å². The van der Waals surface area contributed by atoms with Crippen LogP contribution in [0.3, 0.4) is 0 Å². The quantitative estimate of drug-likeness (QED) is 0.579. The molecule has 1 amide bonds. The average Bonchev–Trinajstić information content (AvgIpc) is 3.43. The molecule has 0 unspecified atom stereocenters. The molecule has 2 aliphatic rings. The van der Waals surface area contributed by atoms with Crippen molar-refractivity contribution in [2.24, 2.45) is 11.3 Å². The van der Waals surface area contributed by atoms with E-state index in [9.17, 15) is 22.8 Å². The predicted molar refractivity (Wildman–Crippen MR) is 112 cm³/mol. The number of likely N-dealkylation sites (tertiary alicyclic amines) is 1. The van der Waals surface area contributed by atoms with E-state index in [4.69, 9.17) is 16.7 Å². The Labute approximate surface area is 184 Å². The highest BCUT2D eigenvalue weighted by atomic mass is 35.5. The summed E-state index contributed by atoms with van der Waals surface area (Å²) in [6.07, 6.45) is -0.780. The molecule has 0 aromatic heterocycles. The molecule has 1 spiro atoms. The molecular formula is C22H28ClF3N2O3. The van der Waals surface area contributed by atoms with Crippen LogP contribution in [-0.4, -0.2) is 47.2 Å². The summed E-state index contributed by atoms with van der Waals surface area (Å²) in [7, 11) is 0. The van der Waals surface area contributed by atoms with Gasteiger partial charge in [0.25, 0.3) is 0 Å². The zero-order valence-corrected chi connectivity index (χ0v) is 18.4. The Balaban J connectivity index is 1.80. The molecule has 1 saturated heterocycles. The fourth-order valence-electron chi connectivity index (χ4n) is 4.37. The molecule has 1 aliphatic carbocycles. The Morgan fingerprint density at radius 3 is 2.32 bits per heavy atom. The monoisotopic (exact) mass is 460 g/mol. The zero-order chi connectivity index (χ0) is 23.0. The largest absolute Gasteiger partial charge is 0.481 e. The third kappa shape index (κ3) is 5.71. The first kappa shape index (κ1) is 23.9.